The van der Waals surface area contributed by atoms with Crippen LogP contribution in [-0.4, -0.2) is 48.4 Å². The SMILES string of the molecule is Cc1noc(C)c1-c1cc2c(cc1Cl)NCC(C(=O)NCN1CCCCC1)O2. The second-order valence-corrected chi connectivity index (χ2v) is 7.80. The van der Waals surface area contributed by atoms with Crippen molar-refractivity contribution >= 4 is 23.2 Å². The first-order valence-electron chi connectivity index (χ1n) is 9.70. The molecule has 4 rings (SSSR count). The molecule has 1 unspecified atom stereocenters. The molecule has 1 fully saturated rings. The van der Waals surface area contributed by atoms with Crippen LogP contribution >= 0.6 is 11.6 Å². The van der Waals surface area contributed by atoms with E-state index in [0.29, 0.717) is 29.7 Å². The molecule has 1 atom stereocenters. The van der Waals surface area contributed by atoms with Gasteiger partial charge < -0.3 is 19.9 Å². The largest absolute Gasteiger partial charge is 0.477 e. The Morgan fingerprint density at radius 3 is 2.82 bits per heavy atom. The van der Waals surface area contributed by atoms with Crippen molar-refractivity contribution in [2.24, 2.45) is 0 Å². The minimum Gasteiger partial charge on any atom is -0.477 e. The number of benzene rings is 1. The third-order valence-corrected chi connectivity index (χ3v) is 5.65. The molecule has 2 aliphatic rings. The summed E-state index contributed by atoms with van der Waals surface area (Å²) in [6.07, 6.45) is 3.06. The second-order valence-electron chi connectivity index (χ2n) is 7.39. The van der Waals surface area contributed by atoms with Crippen molar-refractivity contribution < 1.29 is 14.1 Å². The fourth-order valence-electron chi connectivity index (χ4n) is 3.81. The summed E-state index contributed by atoms with van der Waals surface area (Å²) in [4.78, 5) is 14.9. The predicted octanol–water partition coefficient (Wildman–Crippen LogP) is 3.34. The van der Waals surface area contributed by atoms with Crippen molar-refractivity contribution in [1.29, 1.82) is 0 Å². The lowest BCUT2D eigenvalue weighted by Crippen LogP contribution is -2.48. The Balaban J connectivity index is 1.48. The van der Waals surface area contributed by atoms with Crippen LogP contribution in [0.4, 0.5) is 5.69 Å². The number of ether oxygens (including phenoxy) is 1. The number of anilines is 1. The van der Waals surface area contributed by atoms with Crippen LogP contribution in [0.25, 0.3) is 11.1 Å². The number of aryl methyl sites for hydroxylation is 2. The molecule has 2 aliphatic heterocycles. The molecule has 150 valence electrons. The van der Waals surface area contributed by atoms with Gasteiger partial charge in [0.25, 0.3) is 5.91 Å². The minimum absolute atomic E-state index is 0.113. The van der Waals surface area contributed by atoms with Gasteiger partial charge in [0.2, 0.25) is 0 Å². The van der Waals surface area contributed by atoms with E-state index in [1.807, 2.05) is 26.0 Å². The number of nitrogens with zero attached hydrogens (tertiary/aromatic N) is 2. The highest BCUT2D eigenvalue weighted by Crippen LogP contribution is 2.41. The summed E-state index contributed by atoms with van der Waals surface area (Å²) in [6, 6.07) is 3.67. The lowest BCUT2D eigenvalue weighted by Gasteiger charge is -2.30. The lowest BCUT2D eigenvalue weighted by atomic mass is 10.0. The van der Waals surface area contributed by atoms with Gasteiger partial charge in [0.1, 0.15) is 11.5 Å². The van der Waals surface area contributed by atoms with Crippen LogP contribution in [-0.2, 0) is 4.79 Å². The fraction of sp³-hybridized carbons (Fsp3) is 0.500. The van der Waals surface area contributed by atoms with Crippen LogP contribution in [0.15, 0.2) is 16.7 Å². The van der Waals surface area contributed by atoms with Gasteiger partial charge in [0.05, 0.1) is 29.6 Å². The Hall–Kier alpha value is -2.25. The molecule has 1 saturated heterocycles. The van der Waals surface area contributed by atoms with Crippen molar-refractivity contribution in [2.45, 2.75) is 39.2 Å². The number of rotatable bonds is 4. The number of fused-ring (bicyclic) bond motifs is 1. The monoisotopic (exact) mass is 404 g/mol. The van der Waals surface area contributed by atoms with Crippen LogP contribution in [0, 0.1) is 13.8 Å². The zero-order valence-corrected chi connectivity index (χ0v) is 16.9. The number of amides is 1. The molecular formula is C20H25ClN4O3. The van der Waals surface area contributed by atoms with Crippen LogP contribution in [0.1, 0.15) is 30.7 Å². The van der Waals surface area contributed by atoms with E-state index >= 15 is 0 Å². The topological polar surface area (TPSA) is 79.6 Å². The molecule has 2 aromatic rings. The van der Waals surface area contributed by atoms with Crippen LogP contribution in [0.5, 0.6) is 5.75 Å². The highest BCUT2D eigenvalue weighted by atomic mass is 35.5. The standard InChI is InChI=1S/C20H25ClN4O3/c1-12-19(13(2)28-24-12)14-8-17-16(9-15(14)21)22-10-18(27-17)20(26)23-11-25-6-4-3-5-7-25/h8-9,18,22H,3-7,10-11H2,1-2H3,(H,23,26). The average molecular weight is 405 g/mol. The molecule has 1 aromatic heterocycles. The molecule has 1 aromatic carbocycles. The Bertz CT molecular complexity index is 857. The molecule has 0 bridgehead atoms. The van der Waals surface area contributed by atoms with Gasteiger partial charge in [-0.2, -0.15) is 0 Å². The normalized spacial score (nSPS) is 19.5. The Labute approximate surface area is 169 Å². The van der Waals surface area contributed by atoms with E-state index in [4.69, 9.17) is 20.9 Å². The summed E-state index contributed by atoms with van der Waals surface area (Å²) in [5.41, 5.74) is 3.18. The summed E-state index contributed by atoms with van der Waals surface area (Å²) in [6.45, 7) is 6.76. The third kappa shape index (κ3) is 3.82. The first-order chi connectivity index (χ1) is 13.5. The second kappa shape index (κ2) is 8.01. The van der Waals surface area contributed by atoms with Crippen molar-refractivity contribution in [3.63, 3.8) is 0 Å². The Morgan fingerprint density at radius 2 is 2.11 bits per heavy atom. The van der Waals surface area contributed by atoms with Gasteiger partial charge in [-0.1, -0.05) is 23.2 Å². The molecule has 7 nitrogen and oxygen atoms in total. The van der Waals surface area contributed by atoms with Crippen LogP contribution in [0.2, 0.25) is 5.02 Å². The minimum atomic E-state index is -0.587. The summed E-state index contributed by atoms with van der Waals surface area (Å²) in [5.74, 6) is 1.18. The molecule has 0 saturated carbocycles. The molecule has 0 radical (unpaired) electrons. The summed E-state index contributed by atoms with van der Waals surface area (Å²) >= 11 is 6.48. The van der Waals surface area contributed by atoms with E-state index in [9.17, 15) is 4.79 Å². The van der Waals surface area contributed by atoms with Gasteiger partial charge in [0, 0.05) is 11.1 Å². The molecule has 28 heavy (non-hydrogen) atoms. The quantitative estimate of drug-likeness (QED) is 0.813. The molecule has 1 amide bonds. The first-order valence-corrected chi connectivity index (χ1v) is 10.1. The van der Waals surface area contributed by atoms with Crippen molar-refractivity contribution in [2.75, 3.05) is 31.6 Å². The summed E-state index contributed by atoms with van der Waals surface area (Å²) in [5, 5.41) is 10.8. The zero-order valence-electron chi connectivity index (χ0n) is 16.2. The maximum Gasteiger partial charge on any atom is 0.263 e. The Morgan fingerprint density at radius 1 is 1.32 bits per heavy atom. The van der Waals surface area contributed by atoms with Gasteiger partial charge in [0.15, 0.2) is 6.10 Å². The fourth-order valence-corrected chi connectivity index (χ4v) is 4.07. The maximum atomic E-state index is 12.6. The highest BCUT2D eigenvalue weighted by molar-refractivity contribution is 6.33. The Kier molecular flexibility index (Phi) is 5.46. The number of halogens is 1. The molecule has 8 heteroatoms. The summed E-state index contributed by atoms with van der Waals surface area (Å²) < 4.78 is 11.3. The number of likely N-dealkylation sites (tertiary alicyclic amines) is 1. The number of carbonyl (C=O) groups excluding carboxylic acids is 1. The third-order valence-electron chi connectivity index (χ3n) is 5.34. The van der Waals surface area contributed by atoms with Gasteiger partial charge in [-0.3, -0.25) is 9.69 Å². The van der Waals surface area contributed by atoms with Gasteiger partial charge in [-0.05, 0) is 51.9 Å². The molecule has 2 N–H and O–H groups in total. The van der Waals surface area contributed by atoms with E-state index in [2.05, 4.69) is 20.7 Å². The van der Waals surface area contributed by atoms with Gasteiger partial charge >= 0.3 is 0 Å². The molecule has 3 heterocycles. The van der Waals surface area contributed by atoms with E-state index < -0.39 is 6.10 Å². The molecule has 0 spiro atoms. The smallest absolute Gasteiger partial charge is 0.263 e. The first kappa shape index (κ1) is 19.1. The predicted molar refractivity (Wildman–Crippen MR) is 108 cm³/mol. The van der Waals surface area contributed by atoms with Gasteiger partial charge in [-0.25, -0.2) is 0 Å². The van der Waals surface area contributed by atoms with Crippen LogP contribution < -0.4 is 15.4 Å². The van der Waals surface area contributed by atoms with Crippen molar-refractivity contribution in [3.8, 4) is 16.9 Å². The number of aromatic nitrogens is 1. The van der Waals surface area contributed by atoms with E-state index in [1.165, 1.54) is 19.3 Å². The average Bonchev–Trinajstić information content (AvgIpc) is 3.04. The van der Waals surface area contributed by atoms with Crippen molar-refractivity contribution in [1.82, 2.24) is 15.4 Å². The number of hydrogen-bond donors (Lipinski definition) is 2. The van der Waals surface area contributed by atoms with E-state index in [-0.39, 0.29) is 5.91 Å². The van der Waals surface area contributed by atoms with Crippen LogP contribution in [0.3, 0.4) is 0 Å². The van der Waals surface area contributed by atoms with Gasteiger partial charge in [-0.15, -0.1) is 0 Å². The number of piperidine rings is 1. The summed E-state index contributed by atoms with van der Waals surface area (Å²) in [7, 11) is 0. The van der Waals surface area contributed by atoms with E-state index in [1.54, 1.807) is 0 Å². The number of carbonyl (C=O) groups is 1. The highest BCUT2D eigenvalue weighted by Gasteiger charge is 2.28. The number of hydrogen-bond acceptors (Lipinski definition) is 6. The van der Waals surface area contributed by atoms with Crippen molar-refractivity contribution in [3.05, 3.63) is 28.6 Å². The van der Waals surface area contributed by atoms with E-state index in [0.717, 1.165) is 35.6 Å². The lowest BCUT2D eigenvalue weighted by molar-refractivity contribution is -0.128. The molecule has 0 aliphatic carbocycles. The molecular weight excluding hydrogens is 380 g/mol. The zero-order chi connectivity index (χ0) is 19.7. The maximum absolute atomic E-state index is 12.6. The number of nitrogens with one attached hydrogen (secondary N) is 2.